The molecule has 20 N–H and O–H groups in total. The van der Waals surface area contributed by atoms with Crippen LogP contribution in [0.2, 0.25) is 0 Å². The van der Waals surface area contributed by atoms with E-state index in [2.05, 4.69) is 79.8 Å². The average molecular weight is 1470 g/mol. The first-order valence-electron chi connectivity index (χ1n) is 23.7. The lowest BCUT2D eigenvalue weighted by Gasteiger charge is -2.21. The smallest absolute Gasteiger partial charge is 0.388 e. The van der Waals surface area contributed by atoms with Crippen LogP contribution in [-0.2, 0) is 94.7 Å². The van der Waals surface area contributed by atoms with Gasteiger partial charge in [0.15, 0.2) is 59.5 Å². The molecule has 59 heteroatoms. The van der Waals surface area contributed by atoms with Gasteiger partial charge in [0.25, 0.3) is 0 Å². The van der Waals surface area contributed by atoms with E-state index in [1.807, 2.05) is 0 Å². The van der Waals surface area contributed by atoms with Crippen LogP contribution in [0.3, 0.4) is 0 Å². The first kappa shape index (κ1) is 73.5. The van der Waals surface area contributed by atoms with Gasteiger partial charge >= 0.3 is 70.4 Å². The Labute approximate surface area is 498 Å². The molecule has 6 aromatic rings. The molecule has 3 saturated heterocycles. The molecule has 0 saturated carbocycles. The lowest BCUT2D eigenvalue weighted by atomic mass is 9.97. The summed E-state index contributed by atoms with van der Waals surface area (Å²) in [5, 5.41) is 20.7. The third-order valence-corrected chi connectivity index (χ3v) is 23.4. The number of ether oxygens (including phenoxy) is 3. The summed E-state index contributed by atoms with van der Waals surface area (Å²) in [7, 11) is -49.9. The molecule has 18 atom stereocenters. The van der Waals surface area contributed by atoms with Crippen LogP contribution in [0.1, 0.15) is 46.4 Å². The van der Waals surface area contributed by atoms with Crippen molar-refractivity contribution >= 4 is 121 Å². The second-order valence-corrected chi connectivity index (χ2v) is 31.6. The number of nitrogen functional groups attached to an aromatic ring is 3. The molecule has 90 heavy (non-hydrogen) atoms. The largest absolute Gasteiger partial charge is 0.490 e. The van der Waals surface area contributed by atoms with Crippen molar-refractivity contribution in [1.82, 2.24) is 58.6 Å². The number of aliphatic hydroxyl groups excluding tert-OH is 2. The molecule has 9 heterocycles. The average Bonchev–Trinajstić information content (AvgIpc) is 1.71. The molecular formula is C31H50N15O35P9. The fourth-order valence-electron chi connectivity index (χ4n) is 8.07. The van der Waals surface area contributed by atoms with Crippen molar-refractivity contribution in [2.75, 3.05) is 17.2 Å². The zero-order chi connectivity index (χ0) is 67.4. The van der Waals surface area contributed by atoms with Crippen LogP contribution in [0.25, 0.3) is 33.5 Å². The number of phosphoric ester groups is 3. The van der Waals surface area contributed by atoms with Gasteiger partial charge < -0.3 is 100 Å². The molecule has 0 aliphatic carbocycles. The van der Waals surface area contributed by atoms with E-state index in [0.717, 1.165) is 12.7 Å². The fraction of sp³-hybridized carbons (Fsp3) is 0.516. The Morgan fingerprint density at radius 1 is 0.367 bits per heavy atom. The standard InChI is InChI=1S/C11H18N5O11P3.2C10H16N5O12P3/c1-5-6(2)11(25-29(20,21)27-30(22,23)26-28(17,18)19)24-10(5)16-4-15-7-8(12)13-3-14-9(7)16;1-4-6(16)9(15-3-14-5-7(11)12-2-13-8(5)15)24-10(4)25-29(20,21)27-30(22,23)26-28(17,18)19;1-4-6(16)10(25-29(20,21)27-30(22,23)26-28(17,18)19)24-9(4)15-3-14-5-7(11)12-2-13-8(5)15/h3-6,10-11H,1-2H3,(H,20,21)(H,22,23)(H2,12,13,14)(H2,17,18,19);2*2-4,6,9-10,16H,1H3,(H,20,21)(H,22,23)(H2,11,12,13)(H2,17,18,19). The monoisotopic (exact) mass is 1470 g/mol. The van der Waals surface area contributed by atoms with Crippen LogP contribution in [0, 0.1) is 23.7 Å². The number of anilines is 3. The maximum Gasteiger partial charge on any atom is 0.490 e. The minimum absolute atomic E-state index is 0.0594. The first-order chi connectivity index (χ1) is 41.1. The summed E-state index contributed by atoms with van der Waals surface area (Å²) < 4.78 is 159. The van der Waals surface area contributed by atoms with Crippen molar-refractivity contribution in [2.45, 2.75) is 77.5 Å². The maximum absolute atomic E-state index is 12.1. The number of nitrogens with zero attached hydrogens (tertiary/aromatic N) is 12. The van der Waals surface area contributed by atoms with E-state index in [-0.39, 0.29) is 45.7 Å². The molecule has 0 aromatic carbocycles. The summed E-state index contributed by atoms with van der Waals surface area (Å²) in [6.45, 7) is 6.21. The number of imidazole rings is 3. The third kappa shape index (κ3) is 18.7. The Balaban J connectivity index is 0.000000192. The molecule has 9 rings (SSSR count). The van der Waals surface area contributed by atoms with Crippen molar-refractivity contribution in [3.8, 4) is 0 Å². The van der Waals surface area contributed by atoms with Crippen LogP contribution < -0.4 is 17.2 Å². The lowest BCUT2D eigenvalue weighted by Crippen LogP contribution is -2.27. The predicted molar refractivity (Wildman–Crippen MR) is 284 cm³/mol. The van der Waals surface area contributed by atoms with Crippen molar-refractivity contribution in [1.29, 1.82) is 0 Å². The normalized spacial score (nSPS) is 29.0. The Morgan fingerprint density at radius 3 is 1.00 bits per heavy atom. The molecule has 0 spiro atoms. The highest BCUT2D eigenvalue weighted by Crippen LogP contribution is 2.70. The van der Waals surface area contributed by atoms with Crippen LogP contribution in [-0.4, -0.2) is 159 Å². The van der Waals surface area contributed by atoms with Gasteiger partial charge in [-0.15, -0.1) is 0 Å². The third-order valence-electron chi connectivity index (χ3n) is 12.0. The highest BCUT2D eigenvalue weighted by Gasteiger charge is 2.52. The number of aromatic nitrogens is 12. The Morgan fingerprint density at radius 2 is 0.656 bits per heavy atom. The summed E-state index contributed by atoms with van der Waals surface area (Å²) in [4.78, 5) is 144. The van der Waals surface area contributed by atoms with E-state index >= 15 is 0 Å². The van der Waals surface area contributed by atoms with E-state index in [1.165, 1.54) is 52.9 Å². The molecule has 18 unspecified atom stereocenters. The van der Waals surface area contributed by atoms with E-state index in [4.69, 9.17) is 65.3 Å². The van der Waals surface area contributed by atoms with Gasteiger partial charge in [0.2, 0.25) is 0 Å². The summed E-state index contributed by atoms with van der Waals surface area (Å²) in [6.07, 6.45) is -3.43. The second-order valence-electron chi connectivity index (χ2n) is 18.4. The maximum atomic E-state index is 12.1. The van der Waals surface area contributed by atoms with Gasteiger partial charge in [-0.25, -0.2) is 85.9 Å². The van der Waals surface area contributed by atoms with Gasteiger partial charge in [-0.1, -0.05) is 27.7 Å². The molecule has 504 valence electrons. The highest BCUT2D eigenvalue weighted by atomic mass is 31.3. The number of nitrogens with two attached hydrogens (primary N) is 3. The predicted octanol–water partition coefficient (Wildman–Crippen LogP) is 0.0863. The molecule has 0 bridgehead atoms. The number of hydrogen-bond acceptors (Lipinski definition) is 35. The molecule has 3 fully saturated rings. The number of phosphoric acid groups is 9. The Kier molecular flexibility index (Phi) is 22.1. The van der Waals surface area contributed by atoms with Crippen molar-refractivity contribution in [3.05, 3.63) is 38.0 Å². The van der Waals surface area contributed by atoms with Gasteiger partial charge in [0.1, 0.15) is 60.2 Å². The summed E-state index contributed by atoms with van der Waals surface area (Å²) in [5.41, 5.74) is 18.6. The Hall–Kier alpha value is -3.92. The SMILES string of the molecule is CC1C(O)C(OP(=O)(O)OP(=O)(O)OP(=O)(O)O)OC1n1cnc2c(N)ncnc21.CC1C(OP(=O)(O)OP(=O)(O)OP(=O)(O)O)OC(n2cnc3c(N)ncnc32)C1C.CC1C(OP(=O)(O)OP(=O)(O)OP(=O)(O)O)OC(n2cnc3c(N)ncnc32)C1O. The van der Waals surface area contributed by atoms with E-state index in [1.54, 1.807) is 13.8 Å². The van der Waals surface area contributed by atoms with Gasteiger partial charge in [-0.3, -0.25) is 27.3 Å². The molecular weight excluding hydrogens is 1420 g/mol. The first-order valence-corrected chi connectivity index (χ1v) is 37.2. The van der Waals surface area contributed by atoms with Gasteiger partial charge in [-0.2, -0.15) is 25.9 Å². The Bertz CT molecular complexity index is 3670. The molecule has 0 amide bonds. The number of fused-ring (bicyclic) bond motifs is 3. The number of hydrogen-bond donors (Lipinski definition) is 17. The topological polar surface area (TPSA) is 756 Å². The molecule has 3 aliphatic heterocycles. The van der Waals surface area contributed by atoms with Gasteiger partial charge in [0.05, 0.1) is 19.0 Å². The van der Waals surface area contributed by atoms with Crippen molar-refractivity contribution in [3.63, 3.8) is 0 Å². The second kappa shape index (κ2) is 27.1. The van der Waals surface area contributed by atoms with Gasteiger partial charge in [-0.05, 0) is 0 Å². The van der Waals surface area contributed by atoms with Crippen LogP contribution >= 0.6 is 70.4 Å². The van der Waals surface area contributed by atoms with Crippen molar-refractivity contribution < 1.29 is 164 Å². The molecule has 6 aromatic heterocycles. The lowest BCUT2D eigenvalue weighted by molar-refractivity contribution is -0.133. The van der Waals surface area contributed by atoms with E-state index < -0.39 is 138 Å². The van der Waals surface area contributed by atoms with E-state index in [9.17, 15) is 80.7 Å². The van der Waals surface area contributed by atoms with E-state index in [0.29, 0.717) is 11.2 Å². The number of aliphatic hydroxyl groups is 2. The van der Waals surface area contributed by atoms with Crippen molar-refractivity contribution in [2.24, 2.45) is 23.7 Å². The summed E-state index contributed by atoms with van der Waals surface area (Å²) in [6, 6.07) is 0. The molecule has 50 nitrogen and oxygen atoms in total. The zero-order valence-electron chi connectivity index (χ0n) is 44.9. The molecule has 0 radical (unpaired) electrons. The molecule has 3 aliphatic rings. The summed E-state index contributed by atoms with van der Waals surface area (Å²) in [5.74, 6) is -2.37. The summed E-state index contributed by atoms with van der Waals surface area (Å²) >= 11 is 0. The highest BCUT2D eigenvalue weighted by molar-refractivity contribution is 7.67. The van der Waals surface area contributed by atoms with Gasteiger partial charge in [0, 0.05) is 23.7 Å². The quantitative estimate of drug-likeness (QED) is 0.0425. The zero-order valence-corrected chi connectivity index (χ0v) is 52.9. The minimum Gasteiger partial charge on any atom is -0.388 e. The van der Waals surface area contributed by atoms with Crippen LogP contribution in [0.15, 0.2) is 38.0 Å². The van der Waals surface area contributed by atoms with Crippen LogP contribution in [0.4, 0.5) is 17.5 Å². The fourth-order valence-corrected chi connectivity index (χ4v) is 17.5. The van der Waals surface area contributed by atoms with Crippen LogP contribution in [0.5, 0.6) is 0 Å². The number of rotatable bonds is 21. The minimum atomic E-state index is -5.71.